The largest absolute Gasteiger partial charge is 0.488 e. The molecule has 0 unspecified atom stereocenters. The van der Waals surface area contributed by atoms with Gasteiger partial charge in [0.1, 0.15) is 16.5 Å². The fraction of sp³-hybridized carbons (Fsp3) is 0.357. The molecule has 2 nitrogen and oxygen atoms in total. The standard InChI is InChI=1S/C14H16ClNO/c1-9-7-10-5-6-16-13(15)11(10)8-12(9)17-14(2,3)4/h5-8H,1-4H3. The summed E-state index contributed by atoms with van der Waals surface area (Å²) in [5.41, 5.74) is 0.891. The minimum atomic E-state index is -0.215. The van der Waals surface area contributed by atoms with E-state index in [4.69, 9.17) is 16.3 Å². The van der Waals surface area contributed by atoms with Gasteiger partial charge in [0.15, 0.2) is 0 Å². The first-order valence-electron chi connectivity index (χ1n) is 5.61. The van der Waals surface area contributed by atoms with Crippen molar-refractivity contribution < 1.29 is 4.74 Å². The minimum Gasteiger partial charge on any atom is -0.488 e. The number of nitrogens with zero attached hydrogens (tertiary/aromatic N) is 1. The summed E-state index contributed by atoms with van der Waals surface area (Å²) in [6, 6.07) is 5.99. The Labute approximate surface area is 107 Å². The molecule has 2 rings (SSSR count). The molecule has 0 amide bonds. The van der Waals surface area contributed by atoms with E-state index in [0.29, 0.717) is 5.15 Å². The predicted molar refractivity (Wildman–Crippen MR) is 71.9 cm³/mol. The van der Waals surface area contributed by atoms with Crippen molar-refractivity contribution >= 4 is 22.4 Å². The lowest BCUT2D eigenvalue weighted by molar-refractivity contribution is 0.130. The van der Waals surface area contributed by atoms with Gasteiger partial charge in [-0.3, -0.25) is 0 Å². The minimum absolute atomic E-state index is 0.215. The first-order chi connectivity index (χ1) is 7.87. The number of ether oxygens (including phenoxy) is 1. The number of aryl methyl sites for hydroxylation is 1. The van der Waals surface area contributed by atoms with Gasteiger partial charge in [0.05, 0.1) is 0 Å². The SMILES string of the molecule is Cc1cc2ccnc(Cl)c2cc1OC(C)(C)C. The molecular weight excluding hydrogens is 234 g/mol. The fourth-order valence-corrected chi connectivity index (χ4v) is 1.94. The molecular formula is C14H16ClNO. The molecule has 0 radical (unpaired) electrons. The average molecular weight is 250 g/mol. The van der Waals surface area contributed by atoms with E-state index in [1.54, 1.807) is 6.20 Å². The maximum Gasteiger partial charge on any atom is 0.136 e. The summed E-state index contributed by atoms with van der Waals surface area (Å²) in [5.74, 6) is 0.861. The molecule has 1 heterocycles. The highest BCUT2D eigenvalue weighted by Gasteiger charge is 2.14. The van der Waals surface area contributed by atoms with Crippen LogP contribution in [0.1, 0.15) is 26.3 Å². The van der Waals surface area contributed by atoms with Gasteiger partial charge in [-0.05, 0) is 56.8 Å². The second-order valence-corrected chi connectivity index (χ2v) is 5.51. The lowest BCUT2D eigenvalue weighted by Gasteiger charge is -2.23. The summed E-state index contributed by atoms with van der Waals surface area (Å²) in [4.78, 5) is 4.08. The Morgan fingerprint density at radius 3 is 2.59 bits per heavy atom. The van der Waals surface area contributed by atoms with Gasteiger partial charge in [-0.1, -0.05) is 11.6 Å². The number of benzene rings is 1. The van der Waals surface area contributed by atoms with Gasteiger partial charge >= 0.3 is 0 Å². The molecule has 17 heavy (non-hydrogen) atoms. The molecule has 1 aromatic carbocycles. The molecule has 1 aromatic heterocycles. The lowest BCUT2D eigenvalue weighted by Crippen LogP contribution is -2.23. The van der Waals surface area contributed by atoms with Crippen molar-refractivity contribution in [2.45, 2.75) is 33.3 Å². The third kappa shape index (κ3) is 2.70. The summed E-state index contributed by atoms with van der Waals surface area (Å²) in [5, 5.41) is 2.53. The molecule has 0 aliphatic heterocycles. The van der Waals surface area contributed by atoms with Gasteiger partial charge in [0.25, 0.3) is 0 Å². The van der Waals surface area contributed by atoms with Crippen LogP contribution >= 0.6 is 11.6 Å². The van der Waals surface area contributed by atoms with E-state index in [1.165, 1.54) is 0 Å². The summed E-state index contributed by atoms with van der Waals surface area (Å²) < 4.78 is 5.91. The van der Waals surface area contributed by atoms with E-state index in [2.05, 4.69) is 11.1 Å². The number of pyridine rings is 1. The maximum absolute atomic E-state index is 6.09. The van der Waals surface area contributed by atoms with E-state index in [0.717, 1.165) is 22.1 Å². The van der Waals surface area contributed by atoms with Gasteiger partial charge in [-0.2, -0.15) is 0 Å². The lowest BCUT2D eigenvalue weighted by atomic mass is 10.1. The molecule has 0 saturated carbocycles. The number of fused-ring (bicyclic) bond motifs is 1. The Kier molecular flexibility index (Phi) is 3.00. The number of hydrogen-bond donors (Lipinski definition) is 0. The number of halogens is 1. The summed E-state index contributed by atoms with van der Waals surface area (Å²) >= 11 is 6.09. The fourth-order valence-electron chi connectivity index (χ4n) is 1.72. The quantitative estimate of drug-likeness (QED) is 0.700. The molecule has 0 bridgehead atoms. The van der Waals surface area contributed by atoms with E-state index >= 15 is 0 Å². The van der Waals surface area contributed by atoms with Crippen molar-refractivity contribution in [1.29, 1.82) is 0 Å². The van der Waals surface area contributed by atoms with Gasteiger partial charge in [0.2, 0.25) is 0 Å². The molecule has 0 aliphatic carbocycles. The van der Waals surface area contributed by atoms with E-state index in [-0.39, 0.29) is 5.60 Å². The highest BCUT2D eigenvalue weighted by Crippen LogP contribution is 2.30. The molecule has 0 spiro atoms. The summed E-state index contributed by atoms with van der Waals surface area (Å²) in [6.07, 6.45) is 1.72. The Morgan fingerprint density at radius 2 is 1.94 bits per heavy atom. The van der Waals surface area contributed by atoms with Crippen LogP contribution in [0.25, 0.3) is 10.8 Å². The smallest absolute Gasteiger partial charge is 0.136 e. The summed E-state index contributed by atoms with van der Waals surface area (Å²) in [6.45, 7) is 8.12. The molecule has 0 saturated heterocycles. The van der Waals surface area contributed by atoms with E-state index in [1.807, 2.05) is 39.8 Å². The van der Waals surface area contributed by atoms with Gasteiger partial charge < -0.3 is 4.74 Å². The highest BCUT2D eigenvalue weighted by molar-refractivity contribution is 6.34. The van der Waals surface area contributed by atoms with Crippen molar-refractivity contribution in [3.05, 3.63) is 35.1 Å². The van der Waals surface area contributed by atoms with Gasteiger partial charge in [-0.15, -0.1) is 0 Å². The van der Waals surface area contributed by atoms with Crippen molar-refractivity contribution in [3.8, 4) is 5.75 Å². The second kappa shape index (κ2) is 4.19. The average Bonchev–Trinajstić information content (AvgIpc) is 2.18. The molecule has 90 valence electrons. The predicted octanol–water partition coefficient (Wildman–Crippen LogP) is 4.37. The van der Waals surface area contributed by atoms with Crippen LogP contribution in [0.4, 0.5) is 0 Å². The monoisotopic (exact) mass is 249 g/mol. The van der Waals surface area contributed by atoms with E-state index in [9.17, 15) is 0 Å². The van der Waals surface area contributed by atoms with Crippen molar-refractivity contribution in [3.63, 3.8) is 0 Å². The molecule has 0 fully saturated rings. The van der Waals surface area contributed by atoms with Crippen LogP contribution in [0.3, 0.4) is 0 Å². The van der Waals surface area contributed by atoms with Crippen LogP contribution in [0.2, 0.25) is 5.15 Å². The zero-order chi connectivity index (χ0) is 12.6. The molecule has 0 N–H and O–H groups in total. The zero-order valence-electron chi connectivity index (χ0n) is 10.5. The van der Waals surface area contributed by atoms with Crippen molar-refractivity contribution in [2.75, 3.05) is 0 Å². The van der Waals surface area contributed by atoms with Crippen molar-refractivity contribution in [2.24, 2.45) is 0 Å². The highest BCUT2D eigenvalue weighted by atomic mass is 35.5. The van der Waals surface area contributed by atoms with Crippen LogP contribution in [0, 0.1) is 6.92 Å². The molecule has 2 aromatic rings. The van der Waals surface area contributed by atoms with Crippen LogP contribution in [0.15, 0.2) is 24.4 Å². The third-order valence-corrected chi connectivity index (χ3v) is 2.73. The Morgan fingerprint density at radius 1 is 1.24 bits per heavy atom. The second-order valence-electron chi connectivity index (χ2n) is 5.16. The first-order valence-corrected chi connectivity index (χ1v) is 5.98. The van der Waals surface area contributed by atoms with Crippen LogP contribution < -0.4 is 4.74 Å². The van der Waals surface area contributed by atoms with E-state index < -0.39 is 0 Å². The van der Waals surface area contributed by atoms with Gasteiger partial charge in [-0.25, -0.2) is 4.98 Å². The Balaban J connectivity index is 2.58. The third-order valence-electron chi connectivity index (χ3n) is 2.43. The Bertz CT molecular complexity index is 558. The Hall–Kier alpha value is -1.28. The number of aromatic nitrogens is 1. The van der Waals surface area contributed by atoms with Crippen LogP contribution in [-0.2, 0) is 0 Å². The topological polar surface area (TPSA) is 22.1 Å². The normalized spacial score (nSPS) is 11.8. The van der Waals surface area contributed by atoms with Gasteiger partial charge in [0, 0.05) is 11.6 Å². The molecule has 3 heteroatoms. The maximum atomic E-state index is 6.09. The van der Waals surface area contributed by atoms with Crippen LogP contribution in [0.5, 0.6) is 5.75 Å². The van der Waals surface area contributed by atoms with Crippen molar-refractivity contribution in [1.82, 2.24) is 4.98 Å². The number of rotatable bonds is 1. The zero-order valence-corrected chi connectivity index (χ0v) is 11.3. The first kappa shape index (κ1) is 12.2. The summed E-state index contributed by atoms with van der Waals surface area (Å²) in [7, 11) is 0. The number of hydrogen-bond acceptors (Lipinski definition) is 2. The molecule has 0 atom stereocenters. The van der Waals surface area contributed by atoms with Crippen LogP contribution in [-0.4, -0.2) is 10.6 Å². The molecule has 0 aliphatic rings.